The van der Waals surface area contributed by atoms with Crippen LogP contribution in [0.5, 0.6) is 0 Å². The van der Waals surface area contributed by atoms with Crippen LogP contribution in [0.2, 0.25) is 0 Å². The fourth-order valence-corrected chi connectivity index (χ4v) is 4.46. The highest BCUT2D eigenvalue weighted by Gasteiger charge is 2.39. The number of amides is 1. The fraction of sp³-hybridized carbons (Fsp3) is 0.462. The lowest BCUT2D eigenvalue weighted by atomic mass is 9.94. The summed E-state index contributed by atoms with van der Waals surface area (Å²) in [5.41, 5.74) is -2.79. The molecule has 0 aliphatic rings. The standard InChI is InChI=1S/C26H35N3O5S/c1-20(15-16-27)18-28(35(33,34)22-13-9-6-10-14-22)19-24(30)23(17-21-11-7-5-8-12-21)29(25(31)32)26(2,3)4/h5-14,20,23-24,30H,15,17-19H2,1-4H3,(H,31,32)/t20?,23-,24+/m0/s1/i5D,7D,11D,17D2,19D2,23D,24D. The van der Waals surface area contributed by atoms with Crippen molar-refractivity contribution in [3.63, 3.8) is 0 Å². The van der Waals surface area contributed by atoms with Crippen LogP contribution >= 0.6 is 0 Å². The van der Waals surface area contributed by atoms with Crippen molar-refractivity contribution in [2.75, 3.05) is 13.0 Å². The molecule has 0 aliphatic carbocycles. The van der Waals surface area contributed by atoms with E-state index in [1.54, 1.807) is 0 Å². The summed E-state index contributed by atoms with van der Waals surface area (Å²) in [5, 5.41) is 31.4. The summed E-state index contributed by atoms with van der Waals surface area (Å²) in [6.07, 6.45) is -10.4. The predicted molar refractivity (Wildman–Crippen MR) is 134 cm³/mol. The van der Waals surface area contributed by atoms with Gasteiger partial charge in [0.15, 0.2) is 0 Å². The predicted octanol–water partition coefficient (Wildman–Crippen LogP) is 3.98. The molecule has 2 N–H and O–H groups in total. The van der Waals surface area contributed by atoms with Gasteiger partial charge in [-0.25, -0.2) is 13.2 Å². The number of aliphatic hydroxyl groups is 1. The van der Waals surface area contributed by atoms with Gasteiger partial charge in [-0.05, 0) is 50.8 Å². The number of nitrogens with zero attached hydrogens (tertiary/aromatic N) is 3. The molecule has 35 heavy (non-hydrogen) atoms. The Labute approximate surface area is 221 Å². The maximum absolute atomic E-state index is 13.9. The zero-order valence-electron chi connectivity index (χ0n) is 28.9. The van der Waals surface area contributed by atoms with Gasteiger partial charge in [-0.3, -0.25) is 4.90 Å². The van der Waals surface area contributed by atoms with Crippen molar-refractivity contribution in [1.82, 2.24) is 9.21 Å². The fourth-order valence-electron chi connectivity index (χ4n) is 3.05. The van der Waals surface area contributed by atoms with E-state index in [1.165, 1.54) is 45.9 Å². The summed E-state index contributed by atoms with van der Waals surface area (Å²) in [6.45, 7) is 0.0416. The van der Waals surface area contributed by atoms with Crippen molar-refractivity contribution in [2.45, 2.75) is 63.0 Å². The van der Waals surface area contributed by atoms with E-state index in [0.29, 0.717) is 0 Å². The Bertz CT molecular complexity index is 1530. The molecule has 2 aromatic rings. The molecule has 2 aromatic carbocycles. The average molecular weight is 511 g/mol. The molecule has 9 heteroatoms. The minimum atomic E-state index is -5.02. The van der Waals surface area contributed by atoms with Crippen molar-refractivity contribution in [3.8, 4) is 6.07 Å². The van der Waals surface area contributed by atoms with Crippen molar-refractivity contribution in [2.24, 2.45) is 5.92 Å². The first-order valence-electron chi connectivity index (χ1n) is 15.1. The van der Waals surface area contributed by atoms with Crippen LogP contribution in [0.15, 0.2) is 65.5 Å². The van der Waals surface area contributed by atoms with E-state index in [1.807, 2.05) is 6.07 Å². The van der Waals surface area contributed by atoms with Gasteiger partial charge in [-0.15, -0.1) is 0 Å². The zero-order valence-corrected chi connectivity index (χ0v) is 20.7. The molecule has 0 aliphatic heterocycles. The summed E-state index contributed by atoms with van der Waals surface area (Å²) in [7, 11) is -5.02. The monoisotopic (exact) mass is 510 g/mol. The lowest BCUT2D eigenvalue weighted by Crippen LogP contribution is -2.58. The molecule has 190 valence electrons. The molecule has 0 saturated carbocycles. The highest BCUT2D eigenvalue weighted by atomic mass is 32.2. The third-order valence-corrected chi connectivity index (χ3v) is 6.33. The Morgan fingerprint density at radius 3 is 2.46 bits per heavy atom. The number of nitriles is 1. The van der Waals surface area contributed by atoms with Gasteiger partial charge in [0.1, 0.15) is 0 Å². The summed E-state index contributed by atoms with van der Waals surface area (Å²) >= 11 is 0. The number of sulfonamides is 1. The van der Waals surface area contributed by atoms with Crippen LogP contribution in [-0.2, 0) is 16.4 Å². The number of carboxylic acid groups (broad SMARTS) is 1. The molecule has 0 bridgehead atoms. The van der Waals surface area contributed by atoms with Crippen LogP contribution < -0.4 is 0 Å². The summed E-state index contributed by atoms with van der Waals surface area (Å²) in [6, 6.07) is 3.39. The Kier molecular flexibility index (Phi) is 6.08. The van der Waals surface area contributed by atoms with E-state index in [-0.39, 0.29) is 15.6 Å². The highest BCUT2D eigenvalue weighted by molar-refractivity contribution is 7.89. The average Bonchev–Trinajstić information content (AvgIpc) is 2.89. The van der Waals surface area contributed by atoms with Gasteiger partial charge in [-0.1, -0.05) is 55.4 Å². The Balaban J connectivity index is 3.10. The van der Waals surface area contributed by atoms with E-state index < -0.39 is 87.7 Å². The quantitative estimate of drug-likeness (QED) is 0.472. The number of carbonyl (C=O) groups is 1. The molecule has 0 heterocycles. The van der Waals surface area contributed by atoms with Gasteiger partial charge in [-0.2, -0.15) is 9.57 Å². The van der Waals surface area contributed by atoms with E-state index in [0.717, 1.165) is 24.3 Å². The lowest BCUT2D eigenvalue weighted by molar-refractivity contribution is 0.000447. The van der Waals surface area contributed by atoms with Gasteiger partial charge >= 0.3 is 6.09 Å². The van der Waals surface area contributed by atoms with Crippen LogP contribution in [0.1, 0.15) is 52.0 Å². The third-order valence-electron chi connectivity index (χ3n) is 4.64. The SMILES string of the molecule is [2H]c1ccc(C([2H])([2H])[C@]([2H])(N(C(=O)O)C(C)(C)C)[C@]([2H])(O)C([2H])([2H])N(CC(C)CC#N)S(=O)(=O)c2ccccc2)c([2H])c1[2H]. The minimum Gasteiger partial charge on any atom is -0.465 e. The third kappa shape index (κ3) is 7.79. The van der Waals surface area contributed by atoms with Gasteiger partial charge in [0.25, 0.3) is 0 Å². The minimum absolute atomic E-state index is 0.0107. The second-order valence-electron chi connectivity index (χ2n) is 8.68. The maximum atomic E-state index is 13.9. The van der Waals surface area contributed by atoms with E-state index >= 15 is 0 Å². The number of hydrogen-bond acceptors (Lipinski definition) is 5. The Hall–Kier alpha value is -2.93. The summed E-state index contributed by atoms with van der Waals surface area (Å²) in [4.78, 5) is 12.2. The highest BCUT2D eigenvalue weighted by Crippen LogP contribution is 2.25. The molecule has 1 unspecified atom stereocenters. The van der Waals surface area contributed by atoms with Crippen molar-refractivity contribution >= 4 is 16.1 Å². The Morgan fingerprint density at radius 2 is 1.89 bits per heavy atom. The van der Waals surface area contributed by atoms with Crippen LogP contribution in [-0.4, -0.2) is 64.6 Å². The molecule has 2 rings (SSSR count). The maximum Gasteiger partial charge on any atom is 0.408 e. The van der Waals surface area contributed by atoms with Crippen LogP contribution in [0.4, 0.5) is 4.79 Å². The topological polar surface area (TPSA) is 122 Å². The van der Waals surface area contributed by atoms with Gasteiger partial charge in [0.2, 0.25) is 10.0 Å². The van der Waals surface area contributed by atoms with Gasteiger partial charge in [0.05, 0.1) is 29.9 Å². The van der Waals surface area contributed by atoms with Crippen LogP contribution in [0.25, 0.3) is 0 Å². The van der Waals surface area contributed by atoms with Crippen LogP contribution in [0, 0.1) is 17.2 Å². The molecular weight excluding hydrogens is 466 g/mol. The van der Waals surface area contributed by atoms with Crippen LogP contribution in [0.3, 0.4) is 0 Å². The molecule has 0 saturated heterocycles. The second kappa shape index (κ2) is 12.2. The van der Waals surface area contributed by atoms with Gasteiger partial charge < -0.3 is 10.2 Å². The number of benzene rings is 2. The summed E-state index contributed by atoms with van der Waals surface area (Å²) < 4.78 is 106. The first kappa shape index (κ1) is 17.5. The lowest BCUT2D eigenvalue weighted by Gasteiger charge is -2.42. The van der Waals surface area contributed by atoms with E-state index in [2.05, 4.69) is 0 Å². The molecule has 3 atom stereocenters. The smallest absolute Gasteiger partial charge is 0.408 e. The van der Waals surface area contributed by atoms with Gasteiger partial charge in [0, 0.05) is 30.5 Å². The first-order chi connectivity index (χ1) is 19.8. The molecule has 1 amide bonds. The Morgan fingerprint density at radius 1 is 1.23 bits per heavy atom. The normalized spacial score (nSPS) is 21.0. The molecule has 8 nitrogen and oxygen atoms in total. The van der Waals surface area contributed by atoms with E-state index in [4.69, 9.17) is 11.0 Å². The molecular formula is C26H35N3O5S. The zero-order chi connectivity index (χ0) is 34.3. The van der Waals surface area contributed by atoms with Crippen molar-refractivity contribution in [1.29, 1.82) is 5.26 Å². The second-order valence-corrected chi connectivity index (χ2v) is 10.5. The van der Waals surface area contributed by atoms with Crippen molar-refractivity contribution < 1.29 is 35.8 Å². The largest absolute Gasteiger partial charge is 0.465 e. The summed E-state index contributed by atoms with van der Waals surface area (Å²) in [5.74, 6) is -0.922. The van der Waals surface area contributed by atoms with Crippen molar-refractivity contribution in [3.05, 3.63) is 66.2 Å². The molecule has 0 radical (unpaired) electrons. The molecule has 0 fully saturated rings. The van der Waals surface area contributed by atoms with E-state index in [9.17, 15) is 30.1 Å². The first-order valence-corrected chi connectivity index (χ1v) is 12.1. The number of rotatable bonds is 11. The molecule has 0 spiro atoms. The number of hydrogen-bond donors (Lipinski definition) is 2. The molecule has 0 aromatic heterocycles.